The standard InChI is InChI=1S/C19H16F3N2O2PS/c20-19(21,22)15-8-7-9-16(14-15)23-24-27(28,25-17-10-3-1-4-11-17)26-18-12-5-2-6-13-18/h1-14,23H,(H,24,28). The Balaban J connectivity index is 1.80. The minimum Gasteiger partial charge on any atom is -0.424 e. The van der Waals surface area contributed by atoms with Crippen molar-refractivity contribution < 1.29 is 22.2 Å². The molecule has 0 aliphatic heterocycles. The number of benzene rings is 3. The highest BCUT2D eigenvalue weighted by molar-refractivity contribution is 8.09. The number of anilines is 1. The molecule has 3 aromatic rings. The van der Waals surface area contributed by atoms with Crippen LogP contribution in [0.2, 0.25) is 0 Å². The van der Waals surface area contributed by atoms with Crippen molar-refractivity contribution in [3.63, 3.8) is 0 Å². The highest BCUT2D eigenvalue weighted by Gasteiger charge is 2.30. The lowest BCUT2D eigenvalue weighted by Gasteiger charge is -2.25. The molecule has 0 heterocycles. The highest BCUT2D eigenvalue weighted by atomic mass is 32.5. The summed E-state index contributed by atoms with van der Waals surface area (Å²) in [6.07, 6.45) is -4.45. The molecule has 0 bridgehead atoms. The van der Waals surface area contributed by atoms with Crippen LogP contribution in [-0.2, 0) is 18.0 Å². The van der Waals surface area contributed by atoms with Gasteiger partial charge in [0.25, 0.3) is 0 Å². The number of hydrogen-bond donors (Lipinski definition) is 2. The molecule has 0 spiro atoms. The first kappa shape index (κ1) is 20.2. The predicted molar refractivity (Wildman–Crippen MR) is 107 cm³/mol. The van der Waals surface area contributed by atoms with Crippen LogP contribution in [0.3, 0.4) is 0 Å². The van der Waals surface area contributed by atoms with Crippen molar-refractivity contribution in [3.05, 3.63) is 90.5 Å². The summed E-state index contributed by atoms with van der Waals surface area (Å²) < 4.78 is 50.4. The molecule has 2 N–H and O–H groups in total. The van der Waals surface area contributed by atoms with Gasteiger partial charge in [-0.05, 0) is 42.5 Å². The number of nitrogens with one attached hydrogen (secondary N) is 2. The molecule has 0 atom stereocenters. The van der Waals surface area contributed by atoms with Gasteiger partial charge in [-0.1, -0.05) is 42.5 Å². The van der Waals surface area contributed by atoms with E-state index in [1.54, 1.807) is 48.5 Å². The second kappa shape index (κ2) is 8.65. The van der Waals surface area contributed by atoms with Gasteiger partial charge in [0.05, 0.1) is 5.56 Å². The van der Waals surface area contributed by atoms with Crippen molar-refractivity contribution in [2.24, 2.45) is 0 Å². The fourth-order valence-electron chi connectivity index (χ4n) is 2.21. The predicted octanol–water partition coefficient (Wildman–Crippen LogP) is 6.00. The number of para-hydroxylation sites is 2. The number of alkyl halides is 3. The minimum absolute atomic E-state index is 0.178. The fourth-order valence-corrected chi connectivity index (χ4v) is 4.06. The zero-order valence-corrected chi connectivity index (χ0v) is 16.1. The SMILES string of the molecule is FC(F)(F)c1cccc(NNP(=S)(Oc2ccccc2)Oc2ccccc2)c1. The molecule has 0 fully saturated rings. The van der Waals surface area contributed by atoms with Crippen LogP contribution in [0.4, 0.5) is 18.9 Å². The van der Waals surface area contributed by atoms with Crippen LogP contribution in [0, 0.1) is 0 Å². The minimum atomic E-state index is -4.45. The maximum atomic E-state index is 12.9. The molecule has 0 saturated carbocycles. The zero-order chi connectivity index (χ0) is 20.0. The summed E-state index contributed by atoms with van der Waals surface area (Å²) in [4.78, 5) is 0. The lowest BCUT2D eigenvalue weighted by Crippen LogP contribution is -2.24. The van der Waals surface area contributed by atoms with E-state index < -0.39 is 18.4 Å². The molecule has 9 heteroatoms. The average Bonchev–Trinajstić information content (AvgIpc) is 2.68. The average molecular weight is 424 g/mol. The molecule has 3 rings (SSSR count). The summed E-state index contributed by atoms with van der Waals surface area (Å²) in [5, 5.41) is 2.75. The maximum Gasteiger partial charge on any atom is 0.416 e. The van der Waals surface area contributed by atoms with E-state index in [2.05, 4.69) is 10.6 Å². The van der Waals surface area contributed by atoms with Crippen molar-refractivity contribution in [1.29, 1.82) is 0 Å². The number of rotatable bonds is 7. The highest BCUT2D eigenvalue weighted by Crippen LogP contribution is 2.45. The summed E-state index contributed by atoms with van der Waals surface area (Å²) >= 11 is 5.54. The van der Waals surface area contributed by atoms with Gasteiger partial charge in [0.2, 0.25) is 0 Å². The van der Waals surface area contributed by atoms with Crippen LogP contribution in [0.15, 0.2) is 84.9 Å². The molecule has 0 aromatic heterocycles. The third-order valence-corrected chi connectivity index (χ3v) is 5.47. The van der Waals surface area contributed by atoms with Gasteiger partial charge in [-0.3, -0.25) is 0 Å². The Hall–Kier alpha value is -2.54. The molecule has 0 aliphatic rings. The Kier molecular flexibility index (Phi) is 6.24. The van der Waals surface area contributed by atoms with Gasteiger partial charge in [0.1, 0.15) is 11.5 Å². The third-order valence-electron chi connectivity index (χ3n) is 3.46. The van der Waals surface area contributed by atoms with Crippen molar-refractivity contribution in [1.82, 2.24) is 5.20 Å². The Morgan fingerprint density at radius 3 is 1.79 bits per heavy atom. The van der Waals surface area contributed by atoms with E-state index in [1.807, 2.05) is 12.1 Å². The molecule has 0 saturated heterocycles. The molecule has 0 unspecified atom stereocenters. The largest absolute Gasteiger partial charge is 0.424 e. The van der Waals surface area contributed by atoms with Crippen LogP contribution < -0.4 is 19.7 Å². The van der Waals surface area contributed by atoms with Gasteiger partial charge in [-0.2, -0.15) is 13.2 Å². The molecule has 28 heavy (non-hydrogen) atoms. The third kappa shape index (κ3) is 5.73. The van der Waals surface area contributed by atoms with E-state index in [4.69, 9.17) is 20.9 Å². The van der Waals surface area contributed by atoms with Crippen molar-refractivity contribution in [2.75, 3.05) is 5.43 Å². The lowest BCUT2D eigenvalue weighted by atomic mass is 10.2. The number of hydrazine groups is 1. The maximum absolute atomic E-state index is 12.9. The first-order valence-electron chi connectivity index (χ1n) is 8.14. The Bertz CT molecular complexity index is 911. The van der Waals surface area contributed by atoms with Crippen molar-refractivity contribution in [3.8, 4) is 11.5 Å². The molecule has 146 valence electrons. The fraction of sp³-hybridized carbons (Fsp3) is 0.0526. The van der Waals surface area contributed by atoms with E-state index in [-0.39, 0.29) is 5.69 Å². The van der Waals surface area contributed by atoms with Crippen LogP contribution in [0.5, 0.6) is 11.5 Å². The Morgan fingerprint density at radius 1 is 0.750 bits per heavy atom. The summed E-state index contributed by atoms with van der Waals surface area (Å²) in [6, 6.07) is 22.3. The second-order valence-corrected chi connectivity index (χ2v) is 8.65. The van der Waals surface area contributed by atoms with Crippen molar-refractivity contribution in [2.45, 2.75) is 6.18 Å². The molecule has 0 radical (unpaired) electrons. The van der Waals surface area contributed by atoms with Gasteiger partial charge < -0.3 is 14.5 Å². The van der Waals surface area contributed by atoms with Crippen LogP contribution in [0.25, 0.3) is 0 Å². The van der Waals surface area contributed by atoms with E-state index in [9.17, 15) is 13.2 Å². The quantitative estimate of drug-likeness (QED) is 0.360. The van der Waals surface area contributed by atoms with E-state index in [1.165, 1.54) is 12.1 Å². The summed E-state index contributed by atoms with van der Waals surface area (Å²) in [5.41, 5.74) is 2.08. The molecule has 4 nitrogen and oxygen atoms in total. The topological polar surface area (TPSA) is 42.5 Å². The van der Waals surface area contributed by atoms with Crippen LogP contribution >= 0.6 is 6.64 Å². The van der Waals surface area contributed by atoms with Crippen LogP contribution in [0.1, 0.15) is 5.56 Å². The van der Waals surface area contributed by atoms with Crippen molar-refractivity contribution >= 4 is 24.1 Å². The molecule has 0 amide bonds. The summed E-state index contributed by atoms with van der Waals surface area (Å²) in [6.45, 7) is -3.19. The monoisotopic (exact) mass is 424 g/mol. The first-order valence-corrected chi connectivity index (χ1v) is 10.8. The second-order valence-electron chi connectivity index (χ2n) is 5.62. The van der Waals surface area contributed by atoms with Gasteiger partial charge in [0.15, 0.2) is 0 Å². The van der Waals surface area contributed by atoms with E-state index >= 15 is 0 Å². The summed E-state index contributed by atoms with van der Waals surface area (Å²) in [7, 11) is 0. The van der Waals surface area contributed by atoms with Gasteiger partial charge in [-0.15, -0.1) is 5.20 Å². The summed E-state index contributed by atoms with van der Waals surface area (Å²) in [5.74, 6) is 0.945. The molecular formula is C19H16F3N2O2PS. The van der Waals surface area contributed by atoms with Gasteiger partial charge >= 0.3 is 12.8 Å². The van der Waals surface area contributed by atoms with Gasteiger partial charge in [0, 0.05) is 17.5 Å². The lowest BCUT2D eigenvalue weighted by molar-refractivity contribution is -0.137. The molecule has 0 aliphatic carbocycles. The van der Waals surface area contributed by atoms with E-state index in [0.717, 1.165) is 12.1 Å². The van der Waals surface area contributed by atoms with Crippen LogP contribution in [-0.4, -0.2) is 0 Å². The zero-order valence-electron chi connectivity index (χ0n) is 14.4. The normalized spacial score (nSPS) is 11.7. The van der Waals surface area contributed by atoms with E-state index in [0.29, 0.717) is 11.5 Å². The number of hydrogen-bond acceptors (Lipinski definition) is 4. The van der Waals surface area contributed by atoms with Gasteiger partial charge in [-0.25, -0.2) is 0 Å². The molecule has 3 aromatic carbocycles. The Labute approximate surface area is 165 Å². The number of halogens is 3. The molecular weight excluding hydrogens is 408 g/mol. The first-order chi connectivity index (χ1) is 13.3. The Morgan fingerprint density at radius 2 is 1.29 bits per heavy atom. The smallest absolute Gasteiger partial charge is 0.416 e.